The van der Waals surface area contributed by atoms with E-state index in [0.29, 0.717) is 17.4 Å². The van der Waals surface area contributed by atoms with Gasteiger partial charge in [-0.05, 0) is 51.4 Å². The predicted octanol–water partition coefficient (Wildman–Crippen LogP) is 9.22. The molecule has 0 aromatic heterocycles. The highest BCUT2D eigenvalue weighted by Crippen LogP contribution is 2.38. The number of phosphoric ester groups is 1. The number of ether oxygens (including phenoxy) is 2. The highest BCUT2D eigenvalue weighted by atomic mass is 31.2. The van der Waals surface area contributed by atoms with Crippen LogP contribution in [0.1, 0.15) is 155 Å². The maximum Gasteiger partial charge on any atom is 0.306 e. The molecule has 56 heavy (non-hydrogen) atoms. The van der Waals surface area contributed by atoms with E-state index in [9.17, 15) is 29.3 Å². The van der Waals surface area contributed by atoms with E-state index >= 15 is 0 Å². The molecule has 1 unspecified atom stereocenters. The van der Waals surface area contributed by atoms with E-state index in [1.165, 1.54) is 57.8 Å². The van der Waals surface area contributed by atoms with Gasteiger partial charge in [0.1, 0.15) is 19.8 Å². The van der Waals surface area contributed by atoms with Crippen LogP contribution in [-0.4, -0.2) is 92.5 Å². The first-order chi connectivity index (χ1) is 26.8. The van der Waals surface area contributed by atoms with Gasteiger partial charge in [0.05, 0.1) is 40.0 Å². The second-order valence-electron chi connectivity index (χ2n) is 15.6. The molecular formula is C44H80NO10P. The van der Waals surface area contributed by atoms with Crippen LogP contribution in [0.5, 0.6) is 0 Å². The summed E-state index contributed by atoms with van der Waals surface area (Å²) in [6.45, 7) is 3.76. The Kier molecular flexibility index (Phi) is 34.6. The van der Waals surface area contributed by atoms with Crippen molar-refractivity contribution in [3.05, 3.63) is 48.6 Å². The van der Waals surface area contributed by atoms with Gasteiger partial charge in [-0.1, -0.05) is 140 Å². The van der Waals surface area contributed by atoms with Crippen molar-refractivity contribution in [3.8, 4) is 0 Å². The predicted molar refractivity (Wildman–Crippen MR) is 225 cm³/mol. The first-order valence-corrected chi connectivity index (χ1v) is 23.0. The van der Waals surface area contributed by atoms with Crippen LogP contribution in [0.2, 0.25) is 0 Å². The molecule has 0 saturated heterocycles. The Balaban J connectivity index is 4.61. The Labute approximate surface area is 340 Å². The molecule has 0 heterocycles. The van der Waals surface area contributed by atoms with Gasteiger partial charge in [0.2, 0.25) is 0 Å². The summed E-state index contributed by atoms with van der Waals surface area (Å²) in [4.78, 5) is 37.5. The molecule has 0 radical (unpaired) electrons. The van der Waals surface area contributed by atoms with Crippen molar-refractivity contribution >= 4 is 19.8 Å². The number of carbonyl (C=O) groups excluding carboxylic acids is 2. The molecule has 0 saturated carbocycles. The van der Waals surface area contributed by atoms with Gasteiger partial charge in [0, 0.05) is 12.8 Å². The molecule has 11 nitrogen and oxygen atoms in total. The lowest BCUT2D eigenvalue weighted by atomic mass is 10.0. The molecule has 0 bridgehead atoms. The Morgan fingerprint density at radius 3 is 1.68 bits per heavy atom. The molecular weight excluding hydrogens is 733 g/mol. The second-order valence-corrected chi connectivity index (χ2v) is 17.1. The number of hydrogen-bond donors (Lipinski definition) is 2. The van der Waals surface area contributed by atoms with Crippen molar-refractivity contribution in [3.63, 3.8) is 0 Å². The summed E-state index contributed by atoms with van der Waals surface area (Å²) in [6.07, 6.45) is 33.1. The summed E-state index contributed by atoms with van der Waals surface area (Å²) in [6, 6.07) is 0. The normalized spacial score (nSPS) is 15.2. The van der Waals surface area contributed by atoms with Crippen LogP contribution in [0.25, 0.3) is 0 Å². The molecule has 0 fully saturated rings. The van der Waals surface area contributed by atoms with Crippen LogP contribution >= 0.6 is 7.82 Å². The van der Waals surface area contributed by atoms with E-state index in [1.54, 1.807) is 0 Å². The average Bonchev–Trinajstić information content (AvgIpc) is 3.14. The fraction of sp³-hybridized carbons (Fsp3) is 0.773. The number of aliphatic hydroxyl groups is 2. The third kappa shape index (κ3) is 37.5. The standard InChI is InChI=1S/C44H80NO10P/c1-6-8-10-12-14-16-18-20-22-24-26-28-30-34-44(49)55-40(39-54-56(50,51)53-37-36-45(3,4)5)38-52-43(48)35-31-33-42(47)41(46)32-29-27-25-23-21-19-17-15-13-11-9-7-2/h9,11,15,17,21,23,27,29,40-42,46-47H,6-8,10,12-14,16,18-20,22,24-26,28,30-39H2,1-5H3/b11-9-,17-15-,23-21-,29-27-/t40-,41+,42+/m1/s1. The Hall–Kier alpha value is -2.11. The van der Waals surface area contributed by atoms with Gasteiger partial charge in [0.25, 0.3) is 7.82 Å². The highest BCUT2D eigenvalue weighted by Gasteiger charge is 2.22. The topological polar surface area (TPSA) is 152 Å². The smallest absolute Gasteiger partial charge is 0.306 e. The van der Waals surface area contributed by atoms with Crippen LogP contribution in [0.3, 0.4) is 0 Å². The zero-order chi connectivity index (χ0) is 41.8. The van der Waals surface area contributed by atoms with Crippen molar-refractivity contribution < 1.29 is 52.3 Å². The number of carbonyl (C=O) groups is 2. The SMILES string of the molecule is CC/C=C\C/C=C\C/C=C\C/C=C\C[C@H](O)[C@@H](O)CCCC(=O)OC[C@H](COP(=O)([O-])OCC[N+](C)(C)C)OC(=O)CCCCCCCCCCCCCCC. The Morgan fingerprint density at radius 1 is 0.643 bits per heavy atom. The monoisotopic (exact) mass is 814 g/mol. The summed E-state index contributed by atoms with van der Waals surface area (Å²) < 4.78 is 33.6. The lowest BCUT2D eigenvalue weighted by Gasteiger charge is -2.28. The fourth-order valence-electron chi connectivity index (χ4n) is 5.56. The van der Waals surface area contributed by atoms with Gasteiger partial charge in [-0.2, -0.15) is 0 Å². The molecule has 0 aliphatic heterocycles. The number of unbranched alkanes of at least 4 members (excludes halogenated alkanes) is 12. The van der Waals surface area contributed by atoms with Gasteiger partial charge in [-0.3, -0.25) is 14.2 Å². The first-order valence-electron chi connectivity index (χ1n) is 21.5. The lowest BCUT2D eigenvalue weighted by Crippen LogP contribution is -2.37. The van der Waals surface area contributed by atoms with Gasteiger partial charge < -0.3 is 38.1 Å². The third-order valence-corrected chi connectivity index (χ3v) is 10.0. The quantitative estimate of drug-likeness (QED) is 0.0203. The van der Waals surface area contributed by atoms with E-state index in [2.05, 4.69) is 50.3 Å². The maximum absolute atomic E-state index is 12.7. The van der Waals surface area contributed by atoms with E-state index in [4.69, 9.17) is 18.5 Å². The lowest BCUT2D eigenvalue weighted by molar-refractivity contribution is -0.870. The van der Waals surface area contributed by atoms with E-state index in [0.717, 1.165) is 44.9 Å². The van der Waals surface area contributed by atoms with Crippen molar-refractivity contribution in [2.45, 2.75) is 173 Å². The summed E-state index contributed by atoms with van der Waals surface area (Å²) in [5.41, 5.74) is 0. The minimum Gasteiger partial charge on any atom is -0.756 e. The largest absolute Gasteiger partial charge is 0.756 e. The number of esters is 2. The van der Waals surface area contributed by atoms with Crippen molar-refractivity contribution in [2.75, 3.05) is 47.5 Å². The van der Waals surface area contributed by atoms with Crippen molar-refractivity contribution in [1.29, 1.82) is 0 Å². The van der Waals surface area contributed by atoms with Gasteiger partial charge in [-0.15, -0.1) is 0 Å². The zero-order valence-electron chi connectivity index (χ0n) is 35.8. The van der Waals surface area contributed by atoms with E-state index in [1.807, 2.05) is 33.3 Å². The summed E-state index contributed by atoms with van der Waals surface area (Å²) >= 11 is 0. The number of hydrogen-bond acceptors (Lipinski definition) is 10. The van der Waals surface area contributed by atoms with E-state index in [-0.39, 0.29) is 45.3 Å². The number of nitrogens with zero attached hydrogens (tertiary/aromatic N) is 1. The Morgan fingerprint density at radius 2 is 1.14 bits per heavy atom. The molecule has 0 spiro atoms. The number of rotatable bonds is 38. The molecule has 0 rings (SSSR count). The van der Waals surface area contributed by atoms with E-state index < -0.39 is 44.7 Å². The van der Waals surface area contributed by atoms with Crippen molar-refractivity contribution in [1.82, 2.24) is 0 Å². The van der Waals surface area contributed by atoms with Gasteiger partial charge >= 0.3 is 11.9 Å². The number of phosphoric acid groups is 1. The zero-order valence-corrected chi connectivity index (χ0v) is 36.7. The van der Waals surface area contributed by atoms with Crippen LogP contribution in [0, 0.1) is 0 Å². The third-order valence-electron chi connectivity index (χ3n) is 9.06. The number of aliphatic hydroxyl groups excluding tert-OH is 2. The first kappa shape index (κ1) is 53.9. The van der Waals surface area contributed by atoms with Crippen LogP contribution in [0.15, 0.2) is 48.6 Å². The molecule has 0 aromatic carbocycles. The number of likely N-dealkylation sites (N-methyl/N-ethyl adjacent to an activating group) is 1. The van der Waals surface area contributed by atoms with Crippen molar-refractivity contribution in [2.24, 2.45) is 0 Å². The van der Waals surface area contributed by atoms with Crippen LogP contribution in [0.4, 0.5) is 0 Å². The second kappa shape index (κ2) is 36.0. The molecule has 12 heteroatoms. The summed E-state index contributed by atoms with van der Waals surface area (Å²) in [7, 11) is 1.01. The molecule has 4 atom stereocenters. The molecule has 0 aromatic rings. The minimum absolute atomic E-state index is 0.0392. The number of allylic oxidation sites excluding steroid dienone is 7. The molecule has 0 amide bonds. The minimum atomic E-state index is -4.69. The highest BCUT2D eigenvalue weighted by molar-refractivity contribution is 7.45. The molecule has 0 aliphatic carbocycles. The molecule has 0 aliphatic rings. The maximum atomic E-state index is 12.7. The molecule has 326 valence electrons. The van der Waals surface area contributed by atoms with Gasteiger partial charge in [0.15, 0.2) is 6.10 Å². The molecule has 2 N–H and O–H groups in total. The summed E-state index contributed by atoms with van der Waals surface area (Å²) in [5, 5.41) is 20.7. The van der Waals surface area contributed by atoms with Crippen LogP contribution < -0.4 is 4.89 Å². The van der Waals surface area contributed by atoms with Crippen LogP contribution in [-0.2, 0) is 32.7 Å². The fourth-order valence-corrected chi connectivity index (χ4v) is 6.29. The number of quaternary nitrogens is 1. The average molecular weight is 814 g/mol. The Bertz CT molecular complexity index is 1130. The van der Waals surface area contributed by atoms with Gasteiger partial charge in [-0.25, -0.2) is 0 Å². The summed E-state index contributed by atoms with van der Waals surface area (Å²) in [5.74, 6) is -1.12.